The van der Waals surface area contributed by atoms with Gasteiger partial charge < -0.3 is 5.73 Å². The van der Waals surface area contributed by atoms with Crippen LogP contribution in [0.4, 0.5) is 0 Å². The Kier molecular flexibility index (Phi) is 0.979. The van der Waals surface area contributed by atoms with Crippen molar-refractivity contribution >= 4 is 17.4 Å². The highest BCUT2D eigenvalue weighted by molar-refractivity contribution is 7.79. The van der Waals surface area contributed by atoms with Gasteiger partial charge in [-0.25, -0.2) is 0 Å². The molecular formula is CH2NOS. The van der Waals surface area contributed by atoms with Crippen molar-refractivity contribution in [1.82, 2.24) is 0 Å². The molecule has 0 aliphatic carbocycles. The van der Waals surface area contributed by atoms with Crippen molar-refractivity contribution in [2.75, 3.05) is 0 Å². The maximum Gasteiger partial charge on any atom is 0.307 e. The second-order valence-corrected chi connectivity index (χ2v) is 0.721. The van der Waals surface area contributed by atoms with Gasteiger partial charge in [0.2, 0.25) is 0 Å². The van der Waals surface area contributed by atoms with Crippen LogP contribution in [0, 0.1) is 0 Å². The average Bonchev–Trinajstić information content (AvgIpc) is 0.811. The standard InChI is InChI=1S/CH2NOS/c2-1(3)4/h(H2,2,4). The van der Waals surface area contributed by atoms with Crippen LogP contribution in [0.25, 0.3) is 0 Å². The highest BCUT2D eigenvalue weighted by Gasteiger charge is 1.64. The van der Waals surface area contributed by atoms with Crippen LogP contribution in [-0.2, 0) is 5.11 Å². The first kappa shape index (κ1) is 3.69. The minimum absolute atomic E-state index is 0.750. The van der Waals surface area contributed by atoms with Crippen LogP contribution >= 0.6 is 12.2 Å². The molecule has 0 unspecified atom stereocenters. The molecule has 0 rings (SSSR count). The largest absolute Gasteiger partial charge is 0.357 e. The van der Waals surface area contributed by atoms with E-state index < -0.39 is 5.17 Å². The number of nitrogens with two attached hydrogens (primary N) is 1. The van der Waals surface area contributed by atoms with Crippen LogP contribution in [0.3, 0.4) is 0 Å². The molecule has 0 aliphatic rings. The summed E-state index contributed by atoms with van der Waals surface area (Å²) in [7, 11) is 0. The van der Waals surface area contributed by atoms with Crippen molar-refractivity contribution in [3.63, 3.8) is 0 Å². The predicted octanol–water partition coefficient (Wildman–Crippen LogP) is -0.339. The summed E-state index contributed by atoms with van der Waals surface area (Å²) in [5.74, 6) is 0. The van der Waals surface area contributed by atoms with E-state index in [0.29, 0.717) is 0 Å². The van der Waals surface area contributed by atoms with Gasteiger partial charge in [0.05, 0.1) is 0 Å². The molecule has 2 nitrogen and oxygen atoms in total. The normalized spacial score (nSPS) is 6.00. The molecular weight excluding hydrogens is 74.1 g/mol. The first-order valence-electron chi connectivity index (χ1n) is 0.697. The third-order valence-electron chi connectivity index (χ3n) is 0. The van der Waals surface area contributed by atoms with Gasteiger partial charge in [0.1, 0.15) is 0 Å². The van der Waals surface area contributed by atoms with Crippen LogP contribution in [0.1, 0.15) is 0 Å². The van der Waals surface area contributed by atoms with Gasteiger partial charge >= 0.3 is 5.17 Å². The molecule has 0 atom stereocenters. The van der Waals surface area contributed by atoms with Gasteiger partial charge in [-0.05, 0) is 12.2 Å². The molecule has 2 N–H and O–H groups in total. The van der Waals surface area contributed by atoms with Crippen molar-refractivity contribution in [2.24, 2.45) is 5.73 Å². The predicted molar refractivity (Wildman–Crippen MR) is 17.5 cm³/mol. The second-order valence-electron chi connectivity index (χ2n) is 0.319. The summed E-state index contributed by atoms with van der Waals surface area (Å²) >= 11 is 3.76. The van der Waals surface area contributed by atoms with E-state index in [4.69, 9.17) is 5.11 Å². The summed E-state index contributed by atoms with van der Waals surface area (Å²) < 4.78 is 0. The van der Waals surface area contributed by atoms with Gasteiger partial charge in [-0.1, -0.05) is 0 Å². The lowest BCUT2D eigenvalue weighted by Crippen LogP contribution is -2.01. The number of hydrogen-bond acceptors (Lipinski definition) is 1. The van der Waals surface area contributed by atoms with Crippen molar-refractivity contribution in [1.29, 1.82) is 0 Å². The van der Waals surface area contributed by atoms with E-state index in [2.05, 4.69) is 18.0 Å². The fourth-order valence-corrected chi connectivity index (χ4v) is 0. The first-order chi connectivity index (χ1) is 1.73. The molecule has 0 saturated carbocycles. The molecule has 0 heterocycles. The number of hydrogen-bond donors (Lipinski definition) is 1. The summed E-state index contributed by atoms with van der Waals surface area (Å²) in [6, 6.07) is 0. The van der Waals surface area contributed by atoms with Crippen LogP contribution in [0.15, 0.2) is 0 Å². The Morgan fingerprint density at radius 3 is 2.00 bits per heavy atom. The van der Waals surface area contributed by atoms with Gasteiger partial charge in [0.25, 0.3) is 0 Å². The molecule has 4 heavy (non-hydrogen) atoms. The first-order valence-corrected chi connectivity index (χ1v) is 1.11. The van der Waals surface area contributed by atoms with Crippen molar-refractivity contribution < 1.29 is 5.11 Å². The zero-order chi connectivity index (χ0) is 3.58. The van der Waals surface area contributed by atoms with E-state index in [1.807, 2.05) is 0 Å². The summed E-state index contributed by atoms with van der Waals surface area (Å²) in [6.45, 7) is 0. The van der Waals surface area contributed by atoms with E-state index >= 15 is 0 Å². The van der Waals surface area contributed by atoms with Crippen molar-refractivity contribution in [2.45, 2.75) is 0 Å². The molecule has 0 bridgehead atoms. The minimum atomic E-state index is -0.750. The smallest absolute Gasteiger partial charge is 0.307 e. The van der Waals surface area contributed by atoms with E-state index in [1.165, 1.54) is 0 Å². The molecule has 0 spiro atoms. The fraction of sp³-hybridized carbons (Fsp3) is 0. The summed E-state index contributed by atoms with van der Waals surface area (Å²) in [4.78, 5) is 0. The Morgan fingerprint density at radius 2 is 2.00 bits per heavy atom. The lowest BCUT2D eigenvalue weighted by atomic mass is 11.4. The molecule has 0 aromatic rings. The third-order valence-corrected chi connectivity index (χ3v) is 0. The van der Waals surface area contributed by atoms with E-state index in [1.54, 1.807) is 0 Å². The van der Waals surface area contributed by atoms with Gasteiger partial charge in [0.15, 0.2) is 0 Å². The number of thiocarbonyl (C=S) groups is 1. The van der Waals surface area contributed by atoms with E-state index in [-0.39, 0.29) is 0 Å². The quantitative estimate of drug-likeness (QED) is 0.401. The topological polar surface area (TPSA) is 45.9 Å². The van der Waals surface area contributed by atoms with E-state index in [0.717, 1.165) is 0 Å². The van der Waals surface area contributed by atoms with E-state index in [9.17, 15) is 0 Å². The highest BCUT2D eigenvalue weighted by Crippen LogP contribution is 1.42. The highest BCUT2D eigenvalue weighted by atomic mass is 32.1. The second kappa shape index (κ2) is 1.06. The molecule has 0 aromatic carbocycles. The summed E-state index contributed by atoms with van der Waals surface area (Å²) in [5.41, 5.74) is 4.29. The average molecular weight is 76.1 g/mol. The van der Waals surface area contributed by atoms with Crippen LogP contribution < -0.4 is 5.73 Å². The van der Waals surface area contributed by atoms with Gasteiger partial charge in [-0.3, -0.25) is 5.11 Å². The Balaban J connectivity index is 2.80. The molecule has 0 saturated heterocycles. The van der Waals surface area contributed by atoms with Gasteiger partial charge in [0, 0.05) is 0 Å². The molecule has 3 heteroatoms. The fourth-order valence-electron chi connectivity index (χ4n) is 0. The monoisotopic (exact) mass is 76.0 g/mol. The zero-order valence-corrected chi connectivity index (χ0v) is 2.71. The minimum Gasteiger partial charge on any atom is -0.357 e. The molecule has 0 fully saturated rings. The summed E-state index contributed by atoms with van der Waals surface area (Å²) in [5, 5.41) is 8.29. The van der Waals surface area contributed by atoms with Gasteiger partial charge in [-0.2, -0.15) is 0 Å². The Labute approximate surface area is 29.2 Å². The Morgan fingerprint density at radius 1 is 2.00 bits per heavy atom. The Hall–Kier alpha value is -0.310. The van der Waals surface area contributed by atoms with Gasteiger partial charge in [-0.15, -0.1) is 0 Å². The maximum atomic E-state index is 9.04. The lowest BCUT2D eigenvalue weighted by Gasteiger charge is -1.58. The van der Waals surface area contributed by atoms with Crippen LogP contribution in [0.2, 0.25) is 0 Å². The lowest BCUT2D eigenvalue weighted by molar-refractivity contribution is 0.434. The van der Waals surface area contributed by atoms with Crippen LogP contribution in [0.5, 0.6) is 0 Å². The molecule has 0 aromatic heterocycles. The maximum absolute atomic E-state index is 9.04. The van der Waals surface area contributed by atoms with Crippen molar-refractivity contribution in [3.05, 3.63) is 0 Å². The van der Waals surface area contributed by atoms with Crippen LogP contribution in [-0.4, -0.2) is 5.17 Å². The van der Waals surface area contributed by atoms with Crippen molar-refractivity contribution in [3.8, 4) is 0 Å². The molecule has 0 amide bonds. The molecule has 1 radical (unpaired) electrons. The summed E-state index contributed by atoms with van der Waals surface area (Å²) in [6.07, 6.45) is 0. The Bertz CT molecular complexity index is 31.0. The SMILES string of the molecule is NC([O])=S. The third kappa shape index (κ3) is 8.37. The molecule has 0 aliphatic heterocycles. The zero-order valence-electron chi connectivity index (χ0n) is 1.89. The number of rotatable bonds is 0. The molecule has 23 valence electrons.